The van der Waals surface area contributed by atoms with Gasteiger partial charge in [-0.05, 0) is 19.9 Å². The number of likely N-dealkylation sites (tertiary alicyclic amines) is 1. The van der Waals surface area contributed by atoms with Gasteiger partial charge in [0.2, 0.25) is 5.91 Å². The summed E-state index contributed by atoms with van der Waals surface area (Å²) >= 11 is 0. The maximum Gasteiger partial charge on any atom is 0.417 e. The number of hydrogen-bond acceptors (Lipinski definition) is 4. The van der Waals surface area contributed by atoms with E-state index >= 15 is 0 Å². The van der Waals surface area contributed by atoms with E-state index in [2.05, 4.69) is 5.32 Å². The molecule has 1 fully saturated rings. The molecule has 1 aliphatic rings. The van der Waals surface area contributed by atoms with Crippen LogP contribution in [-0.4, -0.2) is 53.2 Å². The highest BCUT2D eigenvalue weighted by Crippen LogP contribution is 2.38. The van der Waals surface area contributed by atoms with Gasteiger partial charge in [0.05, 0.1) is 12.1 Å². The van der Waals surface area contributed by atoms with Crippen molar-refractivity contribution in [1.82, 2.24) is 10.2 Å². The molecule has 1 saturated heterocycles. The second-order valence-corrected chi connectivity index (χ2v) is 5.92. The third-order valence-corrected chi connectivity index (χ3v) is 4.16. The second-order valence-electron chi connectivity index (χ2n) is 5.92. The first-order chi connectivity index (χ1) is 11.0. The van der Waals surface area contributed by atoms with Gasteiger partial charge in [0.15, 0.2) is 5.60 Å². The molecule has 0 aliphatic carbocycles. The van der Waals surface area contributed by atoms with Gasteiger partial charge in [-0.3, -0.25) is 9.59 Å². The molecule has 2 heterocycles. The monoisotopic (exact) mass is 348 g/mol. The summed E-state index contributed by atoms with van der Waals surface area (Å²) in [6, 6.07) is 1.54. The van der Waals surface area contributed by atoms with E-state index in [0.29, 0.717) is 17.1 Å². The maximum atomic E-state index is 12.7. The number of aliphatic hydroxyl groups is 1. The third kappa shape index (κ3) is 3.72. The van der Waals surface area contributed by atoms with Crippen LogP contribution in [0.5, 0.6) is 0 Å². The zero-order valence-corrected chi connectivity index (χ0v) is 13.4. The van der Waals surface area contributed by atoms with Gasteiger partial charge in [-0.15, -0.1) is 0 Å². The summed E-state index contributed by atoms with van der Waals surface area (Å²) in [5.74, 6) is 0.00376. The van der Waals surface area contributed by atoms with Gasteiger partial charge in [0, 0.05) is 25.9 Å². The van der Waals surface area contributed by atoms with Crippen LogP contribution in [0.3, 0.4) is 0 Å². The van der Waals surface area contributed by atoms with E-state index in [-0.39, 0.29) is 19.6 Å². The van der Waals surface area contributed by atoms with E-state index < -0.39 is 36.4 Å². The fourth-order valence-corrected chi connectivity index (χ4v) is 2.63. The van der Waals surface area contributed by atoms with Gasteiger partial charge in [0.1, 0.15) is 11.5 Å². The Labute approximate surface area is 136 Å². The van der Waals surface area contributed by atoms with Crippen LogP contribution in [0, 0.1) is 13.8 Å². The standard InChI is InChI=1S/C15H19F3N2O4/c1-9-7-11(10(2)24-9)13(22)19-8-12(21)20-5-3-14(23,4-6-20)15(16,17)18/h7,23H,3-6,8H2,1-2H3,(H,19,22). The average molecular weight is 348 g/mol. The first-order valence-corrected chi connectivity index (χ1v) is 7.45. The molecule has 2 rings (SSSR count). The minimum absolute atomic E-state index is 0.214. The van der Waals surface area contributed by atoms with Crippen LogP contribution in [0.1, 0.15) is 34.7 Å². The Hall–Kier alpha value is -2.03. The van der Waals surface area contributed by atoms with Gasteiger partial charge in [0.25, 0.3) is 5.91 Å². The van der Waals surface area contributed by atoms with Crippen LogP contribution in [0.2, 0.25) is 0 Å². The first-order valence-electron chi connectivity index (χ1n) is 7.45. The average Bonchev–Trinajstić information content (AvgIpc) is 2.83. The predicted molar refractivity (Wildman–Crippen MR) is 77.3 cm³/mol. The van der Waals surface area contributed by atoms with Crippen molar-refractivity contribution < 1.29 is 32.3 Å². The van der Waals surface area contributed by atoms with E-state index in [1.807, 2.05) is 0 Å². The van der Waals surface area contributed by atoms with Crippen LogP contribution in [0.25, 0.3) is 0 Å². The van der Waals surface area contributed by atoms with E-state index in [0.717, 1.165) is 0 Å². The molecule has 9 heteroatoms. The highest BCUT2D eigenvalue weighted by atomic mass is 19.4. The molecular formula is C15H19F3N2O4. The van der Waals surface area contributed by atoms with Crippen molar-refractivity contribution in [2.45, 2.75) is 38.5 Å². The molecule has 2 N–H and O–H groups in total. The smallest absolute Gasteiger partial charge is 0.417 e. The molecule has 24 heavy (non-hydrogen) atoms. The number of furan rings is 1. The molecule has 1 aromatic rings. The molecule has 0 atom stereocenters. The number of nitrogens with one attached hydrogen (secondary N) is 1. The first kappa shape index (κ1) is 18.3. The zero-order valence-electron chi connectivity index (χ0n) is 13.4. The van der Waals surface area contributed by atoms with Gasteiger partial charge < -0.3 is 19.7 Å². The maximum absolute atomic E-state index is 12.7. The number of carbonyl (C=O) groups is 2. The lowest BCUT2D eigenvalue weighted by Gasteiger charge is -2.39. The summed E-state index contributed by atoms with van der Waals surface area (Å²) in [4.78, 5) is 25.2. The van der Waals surface area contributed by atoms with Crippen molar-refractivity contribution in [3.8, 4) is 0 Å². The molecule has 0 spiro atoms. The number of nitrogens with zero attached hydrogens (tertiary/aromatic N) is 1. The van der Waals surface area contributed by atoms with Crippen molar-refractivity contribution >= 4 is 11.8 Å². The summed E-state index contributed by atoms with van der Waals surface area (Å²) in [6.45, 7) is 2.55. The number of aryl methyl sites for hydroxylation is 2. The van der Waals surface area contributed by atoms with Crippen LogP contribution >= 0.6 is 0 Å². The topological polar surface area (TPSA) is 82.8 Å². The number of carbonyl (C=O) groups excluding carboxylic acids is 2. The Balaban J connectivity index is 1.86. The third-order valence-electron chi connectivity index (χ3n) is 4.16. The Kier molecular flexibility index (Phi) is 4.93. The molecule has 134 valence electrons. The summed E-state index contributed by atoms with van der Waals surface area (Å²) in [5, 5.41) is 12.0. The quantitative estimate of drug-likeness (QED) is 0.868. The van der Waals surface area contributed by atoms with Crippen molar-refractivity contribution in [3.05, 3.63) is 23.2 Å². The van der Waals surface area contributed by atoms with Gasteiger partial charge in [-0.2, -0.15) is 13.2 Å². The molecule has 0 bridgehead atoms. The number of alkyl halides is 3. The summed E-state index contributed by atoms with van der Waals surface area (Å²) in [7, 11) is 0. The number of amides is 2. The Bertz CT molecular complexity index is 631. The lowest BCUT2D eigenvalue weighted by molar-refractivity contribution is -0.272. The number of piperidine rings is 1. The Morgan fingerprint density at radius 1 is 1.33 bits per heavy atom. The van der Waals surface area contributed by atoms with E-state index in [4.69, 9.17) is 4.42 Å². The summed E-state index contributed by atoms with van der Waals surface area (Å²) < 4.78 is 43.4. The lowest BCUT2D eigenvalue weighted by Crippen LogP contribution is -2.55. The Morgan fingerprint density at radius 3 is 2.38 bits per heavy atom. The van der Waals surface area contributed by atoms with Crippen LogP contribution in [-0.2, 0) is 4.79 Å². The SMILES string of the molecule is Cc1cc(C(=O)NCC(=O)N2CCC(O)(C(F)(F)F)CC2)c(C)o1. The normalized spacial score (nSPS) is 17.7. The molecule has 6 nitrogen and oxygen atoms in total. The fourth-order valence-electron chi connectivity index (χ4n) is 2.63. The van der Waals surface area contributed by atoms with E-state index in [1.54, 1.807) is 19.9 Å². The molecule has 0 unspecified atom stereocenters. The second kappa shape index (κ2) is 6.46. The van der Waals surface area contributed by atoms with Crippen molar-refractivity contribution in [3.63, 3.8) is 0 Å². The van der Waals surface area contributed by atoms with Gasteiger partial charge in [-0.1, -0.05) is 0 Å². The van der Waals surface area contributed by atoms with Gasteiger partial charge in [-0.25, -0.2) is 0 Å². The van der Waals surface area contributed by atoms with Crippen LogP contribution < -0.4 is 5.32 Å². The van der Waals surface area contributed by atoms with Crippen LogP contribution in [0.4, 0.5) is 13.2 Å². The Morgan fingerprint density at radius 2 is 1.92 bits per heavy atom. The number of halogens is 3. The van der Waals surface area contributed by atoms with E-state index in [9.17, 15) is 27.9 Å². The highest BCUT2D eigenvalue weighted by Gasteiger charge is 2.54. The zero-order chi connectivity index (χ0) is 18.1. The largest absolute Gasteiger partial charge is 0.466 e. The summed E-state index contributed by atoms with van der Waals surface area (Å²) in [5.41, 5.74) is -2.44. The molecular weight excluding hydrogens is 329 g/mol. The minimum Gasteiger partial charge on any atom is -0.466 e. The highest BCUT2D eigenvalue weighted by molar-refractivity contribution is 5.97. The lowest BCUT2D eigenvalue weighted by atomic mass is 9.91. The van der Waals surface area contributed by atoms with Crippen molar-refractivity contribution in [2.24, 2.45) is 0 Å². The fraction of sp³-hybridized carbons (Fsp3) is 0.600. The number of hydrogen-bond donors (Lipinski definition) is 2. The molecule has 2 amide bonds. The van der Waals surface area contributed by atoms with Crippen molar-refractivity contribution in [2.75, 3.05) is 19.6 Å². The number of rotatable bonds is 3. The van der Waals surface area contributed by atoms with Crippen molar-refractivity contribution in [1.29, 1.82) is 0 Å². The predicted octanol–water partition coefficient (Wildman–Crippen LogP) is 1.54. The molecule has 0 radical (unpaired) electrons. The minimum atomic E-state index is -4.72. The van der Waals surface area contributed by atoms with E-state index in [1.165, 1.54) is 4.90 Å². The van der Waals surface area contributed by atoms with Gasteiger partial charge >= 0.3 is 6.18 Å². The van der Waals surface area contributed by atoms with Crippen LogP contribution in [0.15, 0.2) is 10.5 Å². The molecule has 0 aromatic carbocycles. The molecule has 1 aromatic heterocycles. The summed E-state index contributed by atoms with van der Waals surface area (Å²) in [6.07, 6.45) is -5.86. The molecule has 1 aliphatic heterocycles. The molecule has 0 saturated carbocycles.